The summed E-state index contributed by atoms with van der Waals surface area (Å²) < 4.78 is 27.4. The number of carbonyl (C=O) groups is 1. The summed E-state index contributed by atoms with van der Waals surface area (Å²) in [7, 11) is 0. The van der Waals surface area contributed by atoms with Crippen LogP contribution >= 0.6 is 0 Å². The van der Waals surface area contributed by atoms with E-state index in [-0.39, 0.29) is 5.82 Å². The van der Waals surface area contributed by atoms with E-state index < -0.39 is 23.1 Å². The van der Waals surface area contributed by atoms with E-state index in [1.54, 1.807) is 6.07 Å². The fourth-order valence-corrected chi connectivity index (χ4v) is 2.61. The third-order valence-electron chi connectivity index (χ3n) is 4.11. The zero-order valence-electron chi connectivity index (χ0n) is 15.7. The molecule has 5 nitrogen and oxygen atoms in total. The van der Waals surface area contributed by atoms with Gasteiger partial charge in [-0.2, -0.15) is 0 Å². The Hall–Kier alpha value is -3.61. The molecule has 0 bridgehead atoms. The number of hydrogen-bond acceptors (Lipinski definition) is 4. The minimum atomic E-state index is -0.935. The Morgan fingerprint density at radius 1 is 1.03 bits per heavy atom. The Kier molecular flexibility index (Phi) is 6.63. The zero-order chi connectivity index (χ0) is 20.6. The molecule has 0 fully saturated rings. The van der Waals surface area contributed by atoms with E-state index in [2.05, 4.69) is 15.5 Å². The molecular formula is C22H19F2N3O2. The van der Waals surface area contributed by atoms with Crippen LogP contribution in [0.1, 0.15) is 34.8 Å². The molecule has 0 radical (unpaired) electrons. The van der Waals surface area contributed by atoms with Gasteiger partial charge in [0.25, 0.3) is 5.91 Å². The third-order valence-corrected chi connectivity index (χ3v) is 4.11. The third kappa shape index (κ3) is 5.22. The predicted octanol–water partition coefficient (Wildman–Crippen LogP) is 4.94. The number of amides is 1. The van der Waals surface area contributed by atoms with E-state index in [0.717, 1.165) is 23.3 Å². The van der Waals surface area contributed by atoms with Crippen LogP contribution in [0.5, 0.6) is 0 Å². The molecule has 2 aromatic carbocycles. The summed E-state index contributed by atoms with van der Waals surface area (Å²) in [5, 5.41) is 6.55. The van der Waals surface area contributed by atoms with Crippen molar-refractivity contribution in [3.8, 4) is 0 Å². The Balaban J connectivity index is 1.66. The van der Waals surface area contributed by atoms with Gasteiger partial charge in [0.2, 0.25) is 0 Å². The van der Waals surface area contributed by atoms with Gasteiger partial charge in [-0.1, -0.05) is 48.5 Å². The standard InChI is InChI=1S/C22H19F2N3O2/c1-2-19(27-29-14-15-7-4-3-5-8-15)16-11-12-20(25-13-16)26-22(28)21-17(23)9-6-10-18(21)24/h3-13H,2,14H2,1H3,(H,25,26,28)/b27-19+. The number of carbonyl (C=O) groups excluding carboxylic acids is 1. The molecule has 0 unspecified atom stereocenters. The highest BCUT2D eigenvalue weighted by Crippen LogP contribution is 2.15. The lowest BCUT2D eigenvalue weighted by atomic mass is 10.1. The Morgan fingerprint density at radius 3 is 2.38 bits per heavy atom. The molecule has 0 atom stereocenters. The lowest BCUT2D eigenvalue weighted by molar-refractivity contribution is 0.101. The maximum atomic E-state index is 13.7. The van der Waals surface area contributed by atoms with Crippen molar-refractivity contribution in [3.63, 3.8) is 0 Å². The van der Waals surface area contributed by atoms with Gasteiger partial charge in [-0.05, 0) is 36.2 Å². The van der Waals surface area contributed by atoms with E-state index in [4.69, 9.17) is 4.84 Å². The number of halogens is 2. The summed E-state index contributed by atoms with van der Waals surface area (Å²) in [5.74, 6) is -2.61. The molecule has 3 aromatic rings. The van der Waals surface area contributed by atoms with Gasteiger partial charge in [-0.3, -0.25) is 4.79 Å². The maximum Gasteiger partial charge on any atom is 0.262 e. The van der Waals surface area contributed by atoms with E-state index in [9.17, 15) is 13.6 Å². The van der Waals surface area contributed by atoms with Gasteiger partial charge in [-0.15, -0.1) is 0 Å². The molecule has 29 heavy (non-hydrogen) atoms. The Bertz CT molecular complexity index is 986. The first-order valence-electron chi connectivity index (χ1n) is 9.03. The number of rotatable bonds is 7. The van der Waals surface area contributed by atoms with Gasteiger partial charge in [0, 0.05) is 11.8 Å². The normalized spacial score (nSPS) is 11.2. The molecule has 1 N–H and O–H groups in total. The molecule has 1 amide bonds. The van der Waals surface area contributed by atoms with Crippen molar-refractivity contribution in [1.29, 1.82) is 0 Å². The number of nitrogens with one attached hydrogen (secondary N) is 1. The second-order valence-corrected chi connectivity index (χ2v) is 6.13. The summed E-state index contributed by atoms with van der Waals surface area (Å²) in [4.78, 5) is 21.7. The molecule has 0 aliphatic heterocycles. The largest absolute Gasteiger partial charge is 0.391 e. The average Bonchev–Trinajstić information content (AvgIpc) is 2.73. The van der Waals surface area contributed by atoms with Crippen LogP contribution in [0.2, 0.25) is 0 Å². The number of aromatic nitrogens is 1. The highest BCUT2D eigenvalue weighted by atomic mass is 19.1. The van der Waals surface area contributed by atoms with E-state index in [0.29, 0.717) is 18.7 Å². The number of anilines is 1. The molecule has 0 spiro atoms. The van der Waals surface area contributed by atoms with Crippen molar-refractivity contribution in [2.75, 3.05) is 5.32 Å². The molecule has 1 heterocycles. The van der Waals surface area contributed by atoms with Crippen LogP contribution < -0.4 is 5.32 Å². The molecule has 3 rings (SSSR count). The molecule has 0 saturated carbocycles. The monoisotopic (exact) mass is 395 g/mol. The number of pyridine rings is 1. The van der Waals surface area contributed by atoms with Crippen molar-refractivity contribution >= 4 is 17.4 Å². The molecule has 148 valence electrons. The second kappa shape index (κ2) is 9.54. The highest BCUT2D eigenvalue weighted by Gasteiger charge is 2.17. The highest BCUT2D eigenvalue weighted by molar-refractivity contribution is 6.04. The summed E-state index contributed by atoms with van der Waals surface area (Å²) in [6.07, 6.45) is 2.13. The molecule has 0 aliphatic rings. The Labute approximate surface area is 167 Å². The van der Waals surface area contributed by atoms with Crippen LogP contribution in [-0.2, 0) is 11.4 Å². The number of oxime groups is 1. The first kappa shape index (κ1) is 20.1. The summed E-state index contributed by atoms with van der Waals surface area (Å²) in [6.45, 7) is 2.28. The number of benzene rings is 2. The SMILES string of the molecule is CC/C(=N\OCc1ccccc1)c1ccc(NC(=O)c2c(F)cccc2F)nc1. The van der Waals surface area contributed by atoms with Crippen molar-refractivity contribution < 1.29 is 18.4 Å². The molecule has 7 heteroatoms. The molecule has 0 aliphatic carbocycles. The van der Waals surface area contributed by atoms with E-state index in [1.165, 1.54) is 18.3 Å². The fraction of sp³-hybridized carbons (Fsp3) is 0.136. The van der Waals surface area contributed by atoms with Gasteiger partial charge in [0.1, 0.15) is 29.6 Å². The van der Waals surface area contributed by atoms with Gasteiger partial charge in [0.05, 0.1) is 5.71 Å². The lowest BCUT2D eigenvalue weighted by Crippen LogP contribution is -2.16. The van der Waals surface area contributed by atoms with E-state index >= 15 is 0 Å². The Morgan fingerprint density at radius 2 is 1.76 bits per heavy atom. The van der Waals surface area contributed by atoms with Crippen LogP contribution in [-0.4, -0.2) is 16.6 Å². The quantitative estimate of drug-likeness (QED) is 0.455. The lowest BCUT2D eigenvalue weighted by Gasteiger charge is -2.08. The van der Waals surface area contributed by atoms with Crippen molar-refractivity contribution in [2.24, 2.45) is 5.16 Å². The van der Waals surface area contributed by atoms with E-state index in [1.807, 2.05) is 37.3 Å². The van der Waals surface area contributed by atoms with Gasteiger partial charge < -0.3 is 10.2 Å². The summed E-state index contributed by atoms with van der Waals surface area (Å²) in [5.41, 5.74) is 1.76. The van der Waals surface area contributed by atoms with Crippen molar-refractivity contribution in [3.05, 3.63) is 95.2 Å². The summed E-state index contributed by atoms with van der Waals surface area (Å²) >= 11 is 0. The fourth-order valence-electron chi connectivity index (χ4n) is 2.61. The van der Waals surface area contributed by atoms with Crippen molar-refractivity contribution in [1.82, 2.24) is 4.98 Å². The first-order chi connectivity index (χ1) is 14.1. The van der Waals surface area contributed by atoms with Gasteiger partial charge >= 0.3 is 0 Å². The minimum Gasteiger partial charge on any atom is -0.391 e. The average molecular weight is 395 g/mol. The summed E-state index contributed by atoms with van der Waals surface area (Å²) in [6, 6.07) is 16.1. The molecule has 1 aromatic heterocycles. The van der Waals surface area contributed by atoms with Crippen LogP contribution in [0.4, 0.5) is 14.6 Å². The van der Waals surface area contributed by atoms with Crippen LogP contribution in [0.25, 0.3) is 0 Å². The topological polar surface area (TPSA) is 63.6 Å². The first-order valence-corrected chi connectivity index (χ1v) is 9.03. The van der Waals surface area contributed by atoms with Crippen LogP contribution in [0.15, 0.2) is 72.0 Å². The minimum absolute atomic E-state index is 0.169. The second-order valence-electron chi connectivity index (χ2n) is 6.13. The van der Waals surface area contributed by atoms with Gasteiger partial charge in [-0.25, -0.2) is 13.8 Å². The maximum absolute atomic E-state index is 13.7. The zero-order valence-corrected chi connectivity index (χ0v) is 15.7. The number of hydrogen-bond donors (Lipinski definition) is 1. The van der Waals surface area contributed by atoms with Crippen LogP contribution in [0, 0.1) is 11.6 Å². The van der Waals surface area contributed by atoms with Gasteiger partial charge in [0.15, 0.2) is 0 Å². The smallest absolute Gasteiger partial charge is 0.262 e. The molecular weight excluding hydrogens is 376 g/mol. The molecule has 0 saturated heterocycles. The predicted molar refractivity (Wildman–Crippen MR) is 107 cm³/mol. The van der Waals surface area contributed by atoms with Crippen LogP contribution in [0.3, 0.4) is 0 Å². The number of nitrogens with zero attached hydrogens (tertiary/aromatic N) is 2. The van der Waals surface area contributed by atoms with Crippen molar-refractivity contribution in [2.45, 2.75) is 20.0 Å².